The van der Waals surface area contributed by atoms with Gasteiger partial charge in [0.15, 0.2) is 0 Å². The zero-order valence-corrected chi connectivity index (χ0v) is 18.0. The number of amides is 1. The van der Waals surface area contributed by atoms with Crippen molar-refractivity contribution in [2.45, 2.75) is 13.5 Å². The molecule has 1 saturated heterocycles. The van der Waals surface area contributed by atoms with E-state index in [1.165, 1.54) is 11.3 Å². The van der Waals surface area contributed by atoms with Gasteiger partial charge in [-0.15, -0.1) is 10.2 Å². The fourth-order valence-electron chi connectivity index (χ4n) is 3.46. The van der Waals surface area contributed by atoms with Gasteiger partial charge in [-0.25, -0.2) is 0 Å². The SMILES string of the molecule is COc1ccccc1N1CCN(Cc2nnc(C(=O)Nc3ccc(C)cc3)s2)CC1. The number of carbonyl (C=O) groups is 1. The average Bonchev–Trinajstić information content (AvgIpc) is 3.24. The molecule has 1 fully saturated rings. The first kappa shape index (κ1) is 20.3. The van der Waals surface area contributed by atoms with Crippen LogP contribution in [0.4, 0.5) is 11.4 Å². The van der Waals surface area contributed by atoms with Crippen LogP contribution in [0.15, 0.2) is 48.5 Å². The van der Waals surface area contributed by atoms with Crippen LogP contribution in [-0.2, 0) is 6.54 Å². The van der Waals surface area contributed by atoms with Gasteiger partial charge in [-0.05, 0) is 31.2 Å². The minimum atomic E-state index is -0.219. The minimum absolute atomic E-state index is 0.219. The van der Waals surface area contributed by atoms with Gasteiger partial charge < -0.3 is 15.0 Å². The number of piperazine rings is 1. The minimum Gasteiger partial charge on any atom is -0.495 e. The smallest absolute Gasteiger partial charge is 0.286 e. The van der Waals surface area contributed by atoms with E-state index in [0.717, 1.165) is 53.9 Å². The third kappa shape index (κ3) is 4.77. The Morgan fingerprint density at radius 3 is 2.53 bits per heavy atom. The predicted octanol–water partition coefficient (Wildman–Crippen LogP) is 3.43. The average molecular weight is 424 g/mol. The molecule has 1 aliphatic rings. The predicted molar refractivity (Wildman–Crippen MR) is 120 cm³/mol. The molecule has 2 aromatic carbocycles. The number of methoxy groups -OCH3 is 1. The number of hydrogen-bond acceptors (Lipinski definition) is 7. The Morgan fingerprint density at radius 2 is 1.80 bits per heavy atom. The van der Waals surface area contributed by atoms with Gasteiger partial charge in [-0.3, -0.25) is 9.69 Å². The van der Waals surface area contributed by atoms with Crippen LogP contribution in [0.1, 0.15) is 20.4 Å². The second-order valence-electron chi connectivity index (χ2n) is 7.26. The summed E-state index contributed by atoms with van der Waals surface area (Å²) < 4.78 is 5.48. The number of para-hydroxylation sites is 2. The van der Waals surface area contributed by atoms with Gasteiger partial charge in [0, 0.05) is 31.9 Å². The van der Waals surface area contributed by atoms with Crippen LogP contribution >= 0.6 is 11.3 Å². The van der Waals surface area contributed by atoms with Crippen LogP contribution in [0, 0.1) is 6.92 Å². The molecular weight excluding hydrogens is 398 g/mol. The Labute approximate surface area is 180 Å². The number of nitrogens with one attached hydrogen (secondary N) is 1. The first-order valence-electron chi connectivity index (χ1n) is 9.93. The number of hydrogen-bond donors (Lipinski definition) is 1. The van der Waals surface area contributed by atoms with Gasteiger partial charge in [0.2, 0.25) is 5.01 Å². The second-order valence-corrected chi connectivity index (χ2v) is 8.32. The summed E-state index contributed by atoms with van der Waals surface area (Å²) in [6, 6.07) is 15.8. The Hall–Kier alpha value is -2.97. The molecule has 30 heavy (non-hydrogen) atoms. The molecule has 1 aromatic heterocycles. The molecule has 0 saturated carbocycles. The van der Waals surface area contributed by atoms with Crippen LogP contribution in [0.2, 0.25) is 0 Å². The molecule has 2 heterocycles. The summed E-state index contributed by atoms with van der Waals surface area (Å²) >= 11 is 1.35. The first-order valence-corrected chi connectivity index (χ1v) is 10.7. The fourth-order valence-corrected chi connectivity index (χ4v) is 4.24. The molecule has 4 rings (SSSR count). The van der Waals surface area contributed by atoms with Gasteiger partial charge in [0.1, 0.15) is 10.8 Å². The molecule has 0 radical (unpaired) electrons. The maximum atomic E-state index is 12.4. The number of aryl methyl sites for hydroxylation is 1. The molecule has 3 aromatic rings. The fraction of sp³-hybridized carbons (Fsp3) is 0.318. The number of carbonyl (C=O) groups excluding carboxylic acids is 1. The first-order chi connectivity index (χ1) is 14.6. The summed E-state index contributed by atoms with van der Waals surface area (Å²) in [6.45, 7) is 6.39. The van der Waals surface area contributed by atoms with Crippen LogP contribution in [-0.4, -0.2) is 54.3 Å². The van der Waals surface area contributed by atoms with Crippen LogP contribution in [0.3, 0.4) is 0 Å². The van der Waals surface area contributed by atoms with E-state index in [-0.39, 0.29) is 5.91 Å². The molecule has 7 nitrogen and oxygen atoms in total. The van der Waals surface area contributed by atoms with E-state index < -0.39 is 0 Å². The topological polar surface area (TPSA) is 70.6 Å². The highest BCUT2D eigenvalue weighted by molar-refractivity contribution is 7.13. The van der Waals surface area contributed by atoms with Gasteiger partial charge in [0.05, 0.1) is 19.3 Å². The lowest BCUT2D eigenvalue weighted by Gasteiger charge is -2.36. The molecule has 1 amide bonds. The van der Waals surface area contributed by atoms with E-state index in [0.29, 0.717) is 11.6 Å². The van der Waals surface area contributed by atoms with Crippen molar-refractivity contribution >= 4 is 28.6 Å². The summed E-state index contributed by atoms with van der Waals surface area (Å²) in [6.07, 6.45) is 0. The van der Waals surface area contributed by atoms with Crippen molar-refractivity contribution in [3.8, 4) is 5.75 Å². The van der Waals surface area contributed by atoms with Crippen molar-refractivity contribution in [1.29, 1.82) is 0 Å². The van der Waals surface area contributed by atoms with E-state index >= 15 is 0 Å². The van der Waals surface area contributed by atoms with Crippen molar-refractivity contribution in [1.82, 2.24) is 15.1 Å². The Balaban J connectivity index is 1.31. The summed E-state index contributed by atoms with van der Waals surface area (Å²) in [5, 5.41) is 12.4. The molecular formula is C22H25N5O2S. The third-order valence-corrected chi connectivity index (χ3v) is 6.03. The van der Waals surface area contributed by atoms with E-state index in [2.05, 4.69) is 31.4 Å². The highest BCUT2D eigenvalue weighted by Crippen LogP contribution is 2.28. The summed E-state index contributed by atoms with van der Waals surface area (Å²) in [5.41, 5.74) is 3.04. The quantitative estimate of drug-likeness (QED) is 0.655. The van der Waals surface area contributed by atoms with Crippen molar-refractivity contribution in [3.63, 3.8) is 0 Å². The number of ether oxygens (including phenoxy) is 1. The van der Waals surface area contributed by atoms with E-state index in [9.17, 15) is 4.79 Å². The normalized spacial score (nSPS) is 14.5. The molecule has 1 aliphatic heterocycles. The lowest BCUT2D eigenvalue weighted by atomic mass is 10.2. The Kier molecular flexibility index (Phi) is 6.25. The molecule has 0 spiro atoms. The summed E-state index contributed by atoms with van der Waals surface area (Å²) in [4.78, 5) is 17.1. The number of aromatic nitrogens is 2. The number of anilines is 2. The second kappa shape index (κ2) is 9.23. The molecule has 156 valence electrons. The van der Waals surface area contributed by atoms with E-state index in [1.54, 1.807) is 7.11 Å². The molecule has 0 atom stereocenters. The lowest BCUT2D eigenvalue weighted by Crippen LogP contribution is -2.46. The highest BCUT2D eigenvalue weighted by atomic mass is 32.1. The molecule has 0 unspecified atom stereocenters. The Bertz CT molecular complexity index is 997. The molecule has 1 N–H and O–H groups in total. The maximum absolute atomic E-state index is 12.4. The van der Waals surface area contributed by atoms with E-state index in [1.807, 2.05) is 49.4 Å². The van der Waals surface area contributed by atoms with Gasteiger partial charge in [0.25, 0.3) is 5.91 Å². The Morgan fingerprint density at radius 1 is 1.07 bits per heavy atom. The molecule has 0 aliphatic carbocycles. The van der Waals surface area contributed by atoms with Crippen molar-refractivity contribution in [3.05, 3.63) is 64.1 Å². The van der Waals surface area contributed by atoms with Gasteiger partial charge >= 0.3 is 0 Å². The van der Waals surface area contributed by atoms with Crippen LogP contribution in [0.5, 0.6) is 5.75 Å². The third-order valence-electron chi connectivity index (χ3n) is 5.13. The maximum Gasteiger partial charge on any atom is 0.286 e. The highest BCUT2D eigenvalue weighted by Gasteiger charge is 2.21. The van der Waals surface area contributed by atoms with Gasteiger partial charge in [-0.1, -0.05) is 41.2 Å². The van der Waals surface area contributed by atoms with Gasteiger partial charge in [-0.2, -0.15) is 0 Å². The van der Waals surface area contributed by atoms with Crippen molar-refractivity contribution in [2.75, 3.05) is 43.5 Å². The number of benzene rings is 2. The number of rotatable bonds is 6. The zero-order valence-electron chi connectivity index (χ0n) is 17.2. The summed E-state index contributed by atoms with van der Waals surface area (Å²) in [7, 11) is 1.71. The largest absolute Gasteiger partial charge is 0.495 e. The van der Waals surface area contributed by atoms with Crippen LogP contribution in [0.25, 0.3) is 0 Å². The zero-order chi connectivity index (χ0) is 20.9. The standard InChI is InChI=1S/C22H25N5O2S/c1-16-7-9-17(10-8-16)23-21(28)22-25-24-20(30-22)15-26-11-13-27(14-12-26)18-5-3-4-6-19(18)29-2/h3-10H,11-15H2,1-2H3,(H,23,28). The van der Waals surface area contributed by atoms with E-state index in [4.69, 9.17) is 4.74 Å². The lowest BCUT2D eigenvalue weighted by molar-refractivity contribution is 0.102. The van der Waals surface area contributed by atoms with Crippen molar-refractivity contribution < 1.29 is 9.53 Å². The van der Waals surface area contributed by atoms with Crippen LogP contribution < -0.4 is 15.0 Å². The molecule has 8 heteroatoms. The number of nitrogens with zero attached hydrogens (tertiary/aromatic N) is 4. The summed E-state index contributed by atoms with van der Waals surface area (Å²) in [5.74, 6) is 0.683. The van der Waals surface area contributed by atoms with Crippen molar-refractivity contribution in [2.24, 2.45) is 0 Å². The molecule has 0 bridgehead atoms. The monoisotopic (exact) mass is 423 g/mol.